The van der Waals surface area contributed by atoms with Crippen LogP contribution >= 0.6 is 0 Å². The Balaban J connectivity index is 1.04. The summed E-state index contributed by atoms with van der Waals surface area (Å²) in [6, 6.07) is 67.3. The Morgan fingerprint density at radius 3 is 1.65 bits per heavy atom. The van der Waals surface area contributed by atoms with Crippen molar-refractivity contribution >= 4 is 34.1 Å². The molecule has 0 radical (unpaired) electrons. The first kappa shape index (κ1) is 41.8. The molecular weight excluding hydrogens is 785 g/mol. The van der Waals surface area contributed by atoms with Gasteiger partial charge >= 0.3 is 0 Å². The monoisotopic (exact) mass is 851 g/mol. The molecule has 0 amide bonds. The van der Waals surface area contributed by atoms with Gasteiger partial charge in [-0.25, -0.2) is 0 Å². The second-order valence-electron chi connectivity index (χ2n) is 20.8. The van der Waals surface area contributed by atoms with E-state index in [0.29, 0.717) is 17.8 Å². The van der Waals surface area contributed by atoms with E-state index >= 15 is 0 Å². The van der Waals surface area contributed by atoms with E-state index in [2.05, 4.69) is 213 Å². The Kier molecular flexibility index (Phi) is 11.0. The van der Waals surface area contributed by atoms with Gasteiger partial charge in [0, 0.05) is 39.3 Å². The summed E-state index contributed by atoms with van der Waals surface area (Å²) in [7, 11) is 0. The predicted molar refractivity (Wildman–Crippen MR) is 275 cm³/mol. The first-order valence-electron chi connectivity index (χ1n) is 25.1. The van der Waals surface area contributed by atoms with Crippen LogP contribution in [0, 0.1) is 23.7 Å². The van der Waals surface area contributed by atoms with Crippen LogP contribution in [0.4, 0.5) is 34.1 Å². The Labute approximate surface area is 389 Å². The fraction of sp³-hybridized carbons (Fsp3) is 0.333. The van der Waals surface area contributed by atoms with Crippen LogP contribution in [0.3, 0.4) is 0 Å². The van der Waals surface area contributed by atoms with Crippen LogP contribution in [0.1, 0.15) is 126 Å². The molecule has 2 nitrogen and oxygen atoms in total. The molecule has 4 aliphatic carbocycles. The van der Waals surface area contributed by atoms with Crippen molar-refractivity contribution in [1.29, 1.82) is 0 Å². The number of nitrogens with zero attached hydrogens (tertiary/aromatic N) is 2. The van der Waals surface area contributed by atoms with Crippen molar-refractivity contribution in [1.82, 2.24) is 0 Å². The van der Waals surface area contributed by atoms with Crippen molar-refractivity contribution in [2.45, 2.75) is 109 Å². The Hall–Kier alpha value is -5.86. The lowest BCUT2D eigenvalue weighted by atomic mass is 9.48. The van der Waals surface area contributed by atoms with Crippen LogP contribution in [0.5, 0.6) is 0 Å². The zero-order chi connectivity index (χ0) is 44.1. The zero-order valence-corrected chi connectivity index (χ0v) is 39.1. The molecule has 0 heterocycles. The van der Waals surface area contributed by atoms with Gasteiger partial charge in [0.15, 0.2) is 0 Å². The number of para-hydroxylation sites is 2. The Morgan fingerprint density at radius 1 is 0.492 bits per heavy atom. The molecule has 11 rings (SSSR count). The third kappa shape index (κ3) is 7.24. The summed E-state index contributed by atoms with van der Waals surface area (Å²) in [5.41, 5.74) is 17.0. The molecule has 0 N–H and O–H groups in total. The third-order valence-corrected chi connectivity index (χ3v) is 16.8. The normalized spacial score (nSPS) is 23.3. The lowest BCUT2D eigenvalue weighted by molar-refractivity contribution is 0.0345. The highest BCUT2D eigenvalue weighted by Gasteiger charge is 2.53. The SMILES string of the molecule is CCC1CC2CC(C)C(c3ccc(N(c4ccccc4)c4ccccc4)cc3)(c3ccc(N(c4ccc(C5CCCCC5)cc4)c4cccc5c4C(C)(C)c4ccccc4-5)cc3)C(C1)C2. The molecule has 328 valence electrons. The number of benzene rings is 7. The van der Waals surface area contributed by atoms with Crippen molar-refractivity contribution in [3.8, 4) is 11.1 Å². The van der Waals surface area contributed by atoms with Crippen molar-refractivity contribution in [3.63, 3.8) is 0 Å². The van der Waals surface area contributed by atoms with Crippen LogP contribution in [-0.4, -0.2) is 0 Å². The fourth-order valence-electron chi connectivity index (χ4n) is 13.9. The molecule has 5 atom stereocenters. The minimum atomic E-state index is -0.138. The maximum absolute atomic E-state index is 2.58. The van der Waals surface area contributed by atoms with Gasteiger partial charge in [0.2, 0.25) is 0 Å². The first-order valence-corrected chi connectivity index (χ1v) is 25.1. The van der Waals surface area contributed by atoms with E-state index in [1.807, 2.05) is 0 Å². The van der Waals surface area contributed by atoms with Gasteiger partial charge in [-0.05, 0) is 174 Å². The second-order valence-corrected chi connectivity index (χ2v) is 20.8. The molecule has 65 heavy (non-hydrogen) atoms. The standard InChI is InChI=1S/C63H66N2/c1-5-45-41-46-40-44(2)63(51(42-45)43-46,49-30-36-54(37-31-49)64(52-20-11-7-12-21-52)53-22-13-8-14-23-53)50-32-38-56(39-33-50)65(55-34-28-48(29-35-55)47-18-9-6-10-19-47)60-27-17-25-58-57-24-15-16-26-59(57)62(3,4)61(58)60/h7-8,11-17,20-39,44-47,51H,5-6,9-10,18-19,40-43H2,1-4H3. The Bertz CT molecular complexity index is 2690. The van der Waals surface area contributed by atoms with Crippen molar-refractivity contribution in [3.05, 3.63) is 204 Å². The van der Waals surface area contributed by atoms with Gasteiger partial charge in [-0.2, -0.15) is 0 Å². The molecule has 0 saturated heterocycles. The molecule has 7 aromatic rings. The van der Waals surface area contributed by atoms with Crippen molar-refractivity contribution in [2.75, 3.05) is 9.80 Å². The summed E-state index contributed by atoms with van der Waals surface area (Å²) >= 11 is 0. The molecule has 4 aliphatic rings. The molecular formula is C63H66N2. The maximum Gasteiger partial charge on any atom is 0.0508 e. The summed E-state index contributed by atoms with van der Waals surface area (Å²) in [5.74, 6) is 3.38. The van der Waals surface area contributed by atoms with Crippen LogP contribution in [0.15, 0.2) is 176 Å². The smallest absolute Gasteiger partial charge is 0.0508 e. The minimum absolute atomic E-state index is 0.0875. The molecule has 0 aliphatic heterocycles. The number of anilines is 6. The number of hydrogen-bond donors (Lipinski definition) is 0. The average Bonchev–Trinajstić information content (AvgIpc) is 3.59. The molecule has 3 saturated carbocycles. The summed E-state index contributed by atoms with van der Waals surface area (Å²) in [4.78, 5) is 4.98. The van der Waals surface area contributed by atoms with E-state index in [9.17, 15) is 0 Å². The molecule has 0 aromatic heterocycles. The van der Waals surface area contributed by atoms with Gasteiger partial charge in [0.05, 0.1) is 5.69 Å². The summed E-state index contributed by atoms with van der Waals surface area (Å²) in [6.07, 6.45) is 13.3. The third-order valence-electron chi connectivity index (χ3n) is 16.8. The summed E-state index contributed by atoms with van der Waals surface area (Å²) < 4.78 is 0. The van der Waals surface area contributed by atoms with Gasteiger partial charge in [-0.3, -0.25) is 0 Å². The van der Waals surface area contributed by atoms with Crippen LogP contribution < -0.4 is 9.80 Å². The fourth-order valence-corrected chi connectivity index (χ4v) is 13.9. The zero-order valence-electron chi connectivity index (χ0n) is 39.1. The second kappa shape index (κ2) is 17.2. The quantitative estimate of drug-likeness (QED) is 0.135. The van der Waals surface area contributed by atoms with Gasteiger partial charge in [-0.15, -0.1) is 0 Å². The highest BCUT2D eigenvalue weighted by atomic mass is 15.1. The van der Waals surface area contributed by atoms with E-state index in [-0.39, 0.29) is 10.8 Å². The molecule has 7 aromatic carbocycles. The average molecular weight is 851 g/mol. The topological polar surface area (TPSA) is 6.48 Å². The summed E-state index contributed by atoms with van der Waals surface area (Å²) in [6.45, 7) is 9.86. The number of fused-ring (bicyclic) bond motifs is 5. The van der Waals surface area contributed by atoms with Gasteiger partial charge in [0.1, 0.15) is 0 Å². The molecule has 5 unspecified atom stereocenters. The summed E-state index contributed by atoms with van der Waals surface area (Å²) in [5, 5.41) is 0. The van der Waals surface area contributed by atoms with E-state index in [1.54, 1.807) is 0 Å². The molecule has 2 bridgehead atoms. The number of rotatable bonds is 10. The van der Waals surface area contributed by atoms with Crippen LogP contribution in [0.25, 0.3) is 11.1 Å². The predicted octanol–water partition coefficient (Wildman–Crippen LogP) is 17.7. The van der Waals surface area contributed by atoms with Crippen LogP contribution in [0.2, 0.25) is 0 Å². The van der Waals surface area contributed by atoms with Crippen LogP contribution in [-0.2, 0) is 10.8 Å². The Morgan fingerprint density at radius 2 is 1.03 bits per heavy atom. The highest BCUT2D eigenvalue weighted by molar-refractivity contribution is 5.90. The minimum Gasteiger partial charge on any atom is -0.311 e. The van der Waals surface area contributed by atoms with Gasteiger partial charge < -0.3 is 9.80 Å². The highest BCUT2D eigenvalue weighted by Crippen LogP contribution is 2.60. The lowest BCUT2D eigenvalue weighted by Crippen LogP contribution is -2.50. The van der Waals surface area contributed by atoms with Gasteiger partial charge in [-0.1, -0.05) is 163 Å². The largest absolute Gasteiger partial charge is 0.311 e. The van der Waals surface area contributed by atoms with E-state index in [1.165, 1.54) is 137 Å². The van der Waals surface area contributed by atoms with E-state index in [0.717, 1.165) is 11.8 Å². The van der Waals surface area contributed by atoms with Crippen molar-refractivity contribution in [2.24, 2.45) is 23.7 Å². The number of hydrogen-bond acceptors (Lipinski definition) is 2. The first-order chi connectivity index (χ1) is 31.8. The van der Waals surface area contributed by atoms with Crippen molar-refractivity contribution < 1.29 is 0 Å². The molecule has 0 spiro atoms. The van der Waals surface area contributed by atoms with E-state index < -0.39 is 0 Å². The molecule has 3 fully saturated rings. The maximum atomic E-state index is 2.58. The van der Waals surface area contributed by atoms with E-state index in [4.69, 9.17) is 0 Å². The van der Waals surface area contributed by atoms with Gasteiger partial charge in [0.25, 0.3) is 0 Å². The molecule has 2 heteroatoms. The lowest BCUT2D eigenvalue weighted by Gasteiger charge is -2.56.